The number of nitrogens with two attached hydrogens (primary N) is 1. The molecule has 2 heterocycles. The van der Waals surface area contributed by atoms with Crippen LogP contribution in [0.15, 0.2) is 0 Å². The van der Waals surface area contributed by atoms with Gasteiger partial charge < -0.3 is 64.3 Å². The van der Waals surface area contributed by atoms with E-state index in [9.17, 15) is 9.59 Å². The zero-order chi connectivity index (χ0) is 32.8. The highest BCUT2D eigenvalue weighted by Crippen LogP contribution is 2.33. The molecule has 16 heteroatoms. The van der Waals surface area contributed by atoms with Gasteiger partial charge in [0.25, 0.3) is 0 Å². The normalized spacial score (nSPS) is 18.9. The Morgan fingerprint density at radius 1 is 0.652 bits per heavy atom. The van der Waals surface area contributed by atoms with Crippen molar-refractivity contribution in [3.8, 4) is 0 Å². The third-order valence-electron chi connectivity index (χ3n) is 6.89. The Morgan fingerprint density at radius 3 is 1.54 bits per heavy atom. The van der Waals surface area contributed by atoms with E-state index >= 15 is 0 Å². The fourth-order valence-electron chi connectivity index (χ4n) is 4.57. The predicted octanol–water partition coefficient (Wildman–Crippen LogP) is -0.0635. The lowest BCUT2D eigenvalue weighted by atomic mass is 10.0. The van der Waals surface area contributed by atoms with E-state index in [0.29, 0.717) is 144 Å². The van der Waals surface area contributed by atoms with Crippen molar-refractivity contribution in [3.05, 3.63) is 0 Å². The molecule has 0 radical (unpaired) electrons. The second kappa shape index (κ2) is 29.8. The number of fused-ring (bicyclic) bond motifs is 1. The zero-order valence-corrected chi connectivity index (χ0v) is 28.2. The lowest BCUT2D eigenvalue weighted by Gasteiger charge is -2.16. The van der Waals surface area contributed by atoms with E-state index < -0.39 is 0 Å². The number of nitrogens with one attached hydrogen (secondary N) is 3. The van der Waals surface area contributed by atoms with Gasteiger partial charge in [-0.15, -0.1) is 0 Å². The average Bonchev–Trinajstić information content (AvgIpc) is 3.61. The summed E-state index contributed by atoms with van der Waals surface area (Å²) in [5, 5.41) is 9.28. The number of hydrogen-bond donors (Lipinski definition) is 4. The second-order valence-corrected chi connectivity index (χ2v) is 11.8. The molecule has 0 bridgehead atoms. The summed E-state index contributed by atoms with van der Waals surface area (Å²) in [6, 6.07) is 0.414. The van der Waals surface area contributed by atoms with E-state index in [1.54, 1.807) is 0 Å². The van der Waals surface area contributed by atoms with Crippen molar-refractivity contribution >= 4 is 23.7 Å². The summed E-state index contributed by atoms with van der Waals surface area (Å²) in [5.41, 5.74) is 5.33. The van der Waals surface area contributed by atoms with Crippen LogP contribution in [-0.4, -0.2) is 167 Å². The van der Waals surface area contributed by atoms with Crippen LogP contribution in [0.5, 0.6) is 0 Å². The highest BCUT2D eigenvalue weighted by molar-refractivity contribution is 8.00. The summed E-state index contributed by atoms with van der Waals surface area (Å²) in [6.45, 7) is 10.1. The van der Waals surface area contributed by atoms with Gasteiger partial charge in [0.05, 0.1) is 131 Å². The Hall–Kier alpha value is -1.31. The van der Waals surface area contributed by atoms with Crippen molar-refractivity contribution in [2.75, 3.05) is 138 Å². The molecule has 2 aliphatic rings. The molecule has 0 aromatic carbocycles. The Labute approximate surface area is 278 Å². The van der Waals surface area contributed by atoms with Crippen LogP contribution in [0.4, 0.5) is 4.79 Å². The summed E-state index contributed by atoms with van der Waals surface area (Å²) in [7, 11) is 0. The third kappa shape index (κ3) is 22.3. The van der Waals surface area contributed by atoms with Gasteiger partial charge in [-0.2, -0.15) is 11.8 Å². The molecule has 270 valence electrons. The maximum absolute atomic E-state index is 12.0. The monoisotopic (exact) mass is 682 g/mol. The van der Waals surface area contributed by atoms with Gasteiger partial charge in [-0.25, -0.2) is 4.79 Å². The Morgan fingerprint density at radius 2 is 1.09 bits per heavy atom. The van der Waals surface area contributed by atoms with Crippen LogP contribution < -0.4 is 21.7 Å². The highest BCUT2D eigenvalue weighted by atomic mass is 32.2. The number of carbonyl (C=O) groups is 2. The minimum absolute atomic E-state index is 0.0453. The van der Waals surface area contributed by atoms with Gasteiger partial charge in [0.1, 0.15) is 0 Å². The van der Waals surface area contributed by atoms with E-state index in [0.717, 1.165) is 25.0 Å². The molecule has 2 saturated heterocycles. The quantitative estimate of drug-likeness (QED) is 0.0524. The Kier molecular flexibility index (Phi) is 26.5. The van der Waals surface area contributed by atoms with E-state index in [1.807, 2.05) is 11.8 Å². The fraction of sp³-hybridized carbons (Fsp3) is 0.933. The Bertz CT molecular complexity index is 747. The van der Waals surface area contributed by atoms with E-state index in [1.165, 1.54) is 0 Å². The Balaban J connectivity index is 1.17. The molecular formula is C30H58N4O11S. The van der Waals surface area contributed by atoms with Crippen molar-refractivity contribution < 1.29 is 52.2 Å². The van der Waals surface area contributed by atoms with Gasteiger partial charge in [0, 0.05) is 30.5 Å². The van der Waals surface area contributed by atoms with E-state index in [2.05, 4.69) is 16.0 Å². The van der Waals surface area contributed by atoms with Crippen molar-refractivity contribution in [1.82, 2.24) is 16.0 Å². The van der Waals surface area contributed by atoms with Gasteiger partial charge >= 0.3 is 6.03 Å². The van der Waals surface area contributed by atoms with E-state index in [4.69, 9.17) is 48.4 Å². The van der Waals surface area contributed by atoms with Crippen molar-refractivity contribution in [3.63, 3.8) is 0 Å². The smallest absolute Gasteiger partial charge is 0.315 e. The minimum Gasteiger partial charge on any atom is -0.378 e. The number of urea groups is 1. The first-order valence-electron chi connectivity index (χ1n) is 16.6. The molecule has 0 aliphatic carbocycles. The molecule has 3 amide bonds. The molecule has 0 aromatic rings. The molecule has 2 fully saturated rings. The number of ether oxygens (including phenoxy) is 9. The number of unbranched alkanes of at least 4 members (excludes halogenated alkanes) is 1. The number of thioether (sulfide) groups is 1. The predicted molar refractivity (Wildman–Crippen MR) is 173 cm³/mol. The minimum atomic E-state index is -0.0592. The molecule has 46 heavy (non-hydrogen) atoms. The van der Waals surface area contributed by atoms with Crippen LogP contribution in [0.25, 0.3) is 0 Å². The zero-order valence-electron chi connectivity index (χ0n) is 27.4. The molecule has 0 saturated carbocycles. The van der Waals surface area contributed by atoms with Gasteiger partial charge in [-0.05, 0) is 12.8 Å². The molecule has 3 atom stereocenters. The first-order valence-corrected chi connectivity index (χ1v) is 17.6. The number of hydrogen-bond acceptors (Lipinski definition) is 13. The van der Waals surface area contributed by atoms with Gasteiger partial charge in [-0.1, -0.05) is 6.42 Å². The maximum atomic E-state index is 12.0. The van der Waals surface area contributed by atoms with Crippen LogP contribution in [0, 0.1) is 0 Å². The van der Waals surface area contributed by atoms with Crippen LogP contribution in [0.3, 0.4) is 0 Å². The molecule has 0 spiro atoms. The summed E-state index contributed by atoms with van der Waals surface area (Å²) < 4.78 is 48.8. The van der Waals surface area contributed by atoms with Crippen LogP contribution in [-0.2, 0) is 47.4 Å². The SMILES string of the molecule is NCCOCCOCCOCCOCCOCCOCCOCCOCCOCCNC(=O)CCCC[C@@H]1SC[C@@H]2NC(=O)N[C@H]21. The first-order chi connectivity index (χ1) is 22.7. The van der Waals surface area contributed by atoms with Gasteiger partial charge in [0.2, 0.25) is 5.91 Å². The molecule has 0 unspecified atom stereocenters. The van der Waals surface area contributed by atoms with Gasteiger partial charge in [-0.3, -0.25) is 4.79 Å². The van der Waals surface area contributed by atoms with Gasteiger partial charge in [0.15, 0.2) is 0 Å². The van der Waals surface area contributed by atoms with Crippen molar-refractivity contribution in [1.29, 1.82) is 0 Å². The highest BCUT2D eigenvalue weighted by Gasteiger charge is 2.42. The summed E-state index contributed by atoms with van der Waals surface area (Å²) in [6.07, 6.45) is 3.35. The molecular weight excluding hydrogens is 624 g/mol. The molecule has 2 aliphatic heterocycles. The third-order valence-corrected chi connectivity index (χ3v) is 8.40. The largest absolute Gasteiger partial charge is 0.378 e. The summed E-state index contributed by atoms with van der Waals surface area (Å²) in [4.78, 5) is 23.5. The summed E-state index contributed by atoms with van der Waals surface area (Å²) >= 11 is 1.90. The maximum Gasteiger partial charge on any atom is 0.315 e. The molecule has 0 aromatic heterocycles. The fourth-order valence-corrected chi connectivity index (χ4v) is 6.11. The topological polar surface area (TPSA) is 179 Å². The number of amides is 3. The molecule has 5 N–H and O–H groups in total. The lowest BCUT2D eigenvalue weighted by molar-refractivity contribution is -0.121. The van der Waals surface area contributed by atoms with Crippen LogP contribution in [0.2, 0.25) is 0 Å². The number of carbonyl (C=O) groups excluding carboxylic acids is 2. The lowest BCUT2D eigenvalue weighted by Crippen LogP contribution is -2.36. The van der Waals surface area contributed by atoms with Crippen LogP contribution in [0.1, 0.15) is 25.7 Å². The van der Waals surface area contributed by atoms with E-state index in [-0.39, 0.29) is 24.0 Å². The average molecular weight is 683 g/mol. The molecule has 2 rings (SSSR count). The van der Waals surface area contributed by atoms with Crippen molar-refractivity contribution in [2.24, 2.45) is 5.73 Å². The first kappa shape index (κ1) is 40.9. The second-order valence-electron chi connectivity index (χ2n) is 10.5. The van der Waals surface area contributed by atoms with Crippen LogP contribution >= 0.6 is 11.8 Å². The van der Waals surface area contributed by atoms with Crippen molar-refractivity contribution in [2.45, 2.75) is 43.0 Å². The molecule has 15 nitrogen and oxygen atoms in total. The number of rotatable bonds is 34. The summed E-state index contributed by atoms with van der Waals surface area (Å²) in [5.74, 6) is 1.01. The standard InChI is InChI=1S/C30H58N4O11S/c31-5-7-37-9-11-39-13-15-41-17-19-43-21-23-45-24-22-44-20-18-42-16-14-40-12-10-38-8-6-32-28(35)4-2-1-3-27-29-26(25-46-27)33-30(36)34-29/h26-27,29H,1-25,31H2,(H,32,35)(H2,33,34,36)/t26-,27-,29+/m0/s1.